The number of nitrogens with two attached hydrogens (primary N) is 1. The highest BCUT2D eigenvalue weighted by atomic mass is 15.4. The molecular weight excluding hydrogens is 352 g/mol. The molecule has 5 rings (SSSR count). The van der Waals surface area contributed by atoms with Gasteiger partial charge in [0.2, 0.25) is 0 Å². The van der Waals surface area contributed by atoms with Gasteiger partial charge in [-0.3, -0.25) is 9.55 Å². The van der Waals surface area contributed by atoms with Gasteiger partial charge >= 0.3 is 0 Å². The minimum absolute atomic E-state index is 0.162. The number of fused-ring (bicyclic) bond motifs is 3. The lowest BCUT2D eigenvalue weighted by Gasteiger charge is -2.41. The molecule has 2 aliphatic rings. The Kier molecular flexibility index (Phi) is 3.99. The van der Waals surface area contributed by atoms with Crippen LogP contribution in [0.25, 0.3) is 17.1 Å². The minimum Gasteiger partial charge on any atom is -0.397 e. The van der Waals surface area contributed by atoms with Crippen LogP contribution in [0.5, 0.6) is 0 Å². The number of rotatable bonds is 3. The fourth-order valence-corrected chi connectivity index (χ4v) is 4.65. The van der Waals surface area contributed by atoms with E-state index >= 15 is 0 Å². The van der Waals surface area contributed by atoms with Gasteiger partial charge < -0.3 is 10.6 Å². The van der Waals surface area contributed by atoms with E-state index in [0.717, 1.165) is 35.0 Å². The third kappa shape index (κ3) is 2.47. The lowest BCUT2D eigenvalue weighted by Crippen LogP contribution is -2.42. The number of hydrogen-bond donors (Lipinski definition) is 1. The molecule has 0 amide bonds. The van der Waals surface area contributed by atoms with Crippen molar-refractivity contribution in [3.8, 4) is 17.1 Å². The van der Waals surface area contributed by atoms with Crippen LogP contribution in [-0.2, 0) is 0 Å². The molecule has 8 heteroatoms. The third-order valence-electron chi connectivity index (χ3n) is 5.93. The van der Waals surface area contributed by atoms with Gasteiger partial charge in [0, 0.05) is 17.8 Å². The molecule has 0 unspecified atom stereocenters. The van der Waals surface area contributed by atoms with Crippen molar-refractivity contribution in [2.24, 2.45) is 0 Å². The number of anilines is 2. The number of nitrogen functional groups attached to an aromatic ring is 1. The Balaban J connectivity index is 1.75. The lowest BCUT2D eigenvalue weighted by molar-refractivity contribution is 0.468. The fraction of sp³-hybridized carbons (Fsp3) is 0.450. The highest BCUT2D eigenvalue weighted by Crippen LogP contribution is 2.44. The molecule has 1 aliphatic heterocycles. The number of aryl methyl sites for hydroxylation is 1. The summed E-state index contributed by atoms with van der Waals surface area (Å²) >= 11 is 0. The Bertz CT molecular complexity index is 1020. The molecule has 4 heterocycles. The first-order chi connectivity index (χ1) is 13.7. The van der Waals surface area contributed by atoms with Crippen molar-refractivity contribution in [3.63, 3.8) is 0 Å². The van der Waals surface area contributed by atoms with Gasteiger partial charge in [0.25, 0.3) is 0 Å². The van der Waals surface area contributed by atoms with Crippen molar-refractivity contribution in [2.75, 3.05) is 10.6 Å². The van der Waals surface area contributed by atoms with Crippen molar-refractivity contribution in [1.29, 1.82) is 0 Å². The second-order valence-electron chi connectivity index (χ2n) is 7.60. The summed E-state index contributed by atoms with van der Waals surface area (Å²) in [6.07, 6.45) is 11.0. The first-order valence-electron chi connectivity index (χ1n) is 9.96. The van der Waals surface area contributed by atoms with Crippen LogP contribution in [-0.4, -0.2) is 35.8 Å². The van der Waals surface area contributed by atoms with Gasteiger partial charge in [-0.05, 0) is 32.3 Å². The van der Waals surface area contributed by atoms with E-state index in [4.69, 9.17) is 15.7 Å². The topological polar surface area (TPSA) is 98.6 Å². The van der Waals surface area contributed by atoms with Gasteiger partial charge in [-0.15, -0.1) is 10.2 Å². The van der Waals surface area contributed by atoms with Crippen LogP contribution in [0.2, 0.25) is 0 Å². The number of pyridine rings is 1. The molecule has 1 fully saturated rings. The zero-order chi connectivity index (χ0) is 19.3. The average Bonchev–Trinajstić information content (AvgIpc) is 3.38. The number of hydrogen-bond acceptors (Lipinski definition) is 7. The molecule has 3 aromatic heterocycles. The Morgan fingerprint density at radius 1 is 1.21 bits per heavy atom. The minimum atomic E-state index is 0.162. The molecule has 0 aromatic carbocycles. The average molecular weight is 376 g/mol. The standard InChI is InChI=1S/C20H24N8/c1-3-16-19-26-23-11-27(19)17-12(2)24-18(14-8-9-22-10-15(14)21)25-20(17)28(16)13-6-4-5-7-13/h8-11,13,16H,3-7,21H2,1-2H3/t16-/m1/s1. The quantitative estimate of drug-likeness (QED) is 0.749. The molecular formula is C20H24N8. The van der Waals surface area contributed by atoms with Crippen molar-refractivity contribution >= 4 is 11.5 Å². The van der Waals surface area contributed by atoms with Gasteiger partial charge in [0.15, 0.2) is 17.5 Å². The summed E-state index contributed by atoms with van der Waals surface area (Å²) in [5.41, 5.74) is 9.45. The second-order valence-corrected chi connectivity index (χ2v) is 7.60. The molecule has 28 heavy (non-hydrogen) atoms. The van der Waals surface area contributed by atoms with Gasteiger partial charge in [-0.1, -0.05) is 19.8 Å². The summed E-state index contributed by atoms with van der Waals surface area (Å²) in [6, 6.07) is 2.50. The number of nitrogens with zero attached hydrogens (tertiary/aromatic N) is 7. The highest BCUT2D eigenvalue weighted by Gasteiger charge is 2.39. The zero-order valence-electron chi connectivity index (χ0n) is 16.2. The molecule has 1 aliphatic carbocycles. The van der Waals surface area contributed by atoms with E-state index < -0.39 is 0 Å². The molecule has 0 spiro atoms. The maximum atomic E-state index is 6.17. The van der Waals surface area contributed by atoms with Crippen molar-refractivity contribution in [2.45, 2.75) is 58.0 Å². The van der Waals surface area contributed by atoms with Crippen LogP contribution >= 0.6 is 0 Å². The predicted octanol–water partition coefficient (Wildman–Crippen LogP) is 3.22. The van der Waals surface area contributed by atoms with E-state index in [9.17, 15) is 0 Å². The van der Waals surface area contributed by atoms with E-state index in [0.29, 0.717) is 17.6 Å². The van der Waals surface area contributed by atoms with Crippen LogP contribution in [0.1, 0.15) is 56.6 Å². The summed E-state index contributed by atoms with van der Waals surface area (Å²) in [7, 11) is 0. The Labute approximate surface area is 163 Å². The normalized spacial score (nSPS) is 18.9. The van der Waals surface area contributed by atoms with Crippen LogP contribution < -0.4 is 10.6 Å². The maximum Gasteiger partial charge on any atom is 0.164 e. The summed E-state index contributed by atoms with van der Waals surface area (Å²) in [5.74, 6) is 2.58. The monoisotopic (exact) mass is 376 g/mol. The molecule has 8 nitrogen and oxygen atoms in total. The van der Waals surface area contributed by atoms with E-state index in [1.807, 2.05) is 13.0 Å². The second kappa shape index (κ2) is 6.54. The van der Waals surface area contributed by atoms with Crippen LogP contribution in [0.4, 0.5) is 11.5 Å². The van der Waals surface area contributed by atoms with Crippen molar-refractivity contribution < 1.29 is 0 Å². The van der Waals surface area contributed by atoms with Gasteiger partial charge in [-0.25, -0.2) is 9.97 Å². The Hall–Kier alpha value is -3.03. The molecule has 2 N–H and O–H groups in total. The zero-order valence-corrected chi connectivity index (χ0v) is 16.2. The number of aromatic nitrogens is 6. The molecule has 0 bridgehead atoms. The van der Waals surface area contributed by atoms with Gasteiger partial charge in [0.1, 0.15) is 12.0 Å². The molecule has 1 saturated carbocycles. The Morgan fingerprint density at radius 3 is 2.79 bits per heavy atom. The highest BCUT2D eigenvalue weighted by molar-refractivity contribution is 5.74. The van der Waals surface area contributed by atoms with E-state index in [2.05, 4.69) is 31.6 Å². The van der Waals surface area contributed by atoms with Gasteiger partial charge in [-0.2, -0.15) is 0 Å². The van der Waals surface area contributed by atoms with E-state index in [1.54, 1.807) is 18.7 Å². The largest absolute Gasteiger partial charge is 0.397 e. The summed E-state index contributed by atoms with van der Waals surface area (Å²) in [4.78, 5) is 16.4. The molecule has 0 radical (unpaired) electrons. The smallest absolute Gasteiger partial charge is 0.164 e. The SMILES string of the molecule is CC[C@@H]1c2nncn2-c2c(C)nc(-c3ccncc3N)nc2N1C1CCCC1. The first-order valence-corrected chi connectivity index (χ1v) is 9.96. The Morgan fingerprint density at radius 2 is 2.04 bits per heavy atom. The first kappa shape index (κ1) is 17.1. The molecule has 0 saturated heterocycles. The van der Waals surface area contributed by atoms with Crippen molar-refractivity contribution in [3.05, 3.63) is 36.3 Å². The van der Waals surface area contributed by atoms with E-state index in [1.165, 1.54) is 25.7 Å². The van der Waals surface area contributed by atoms with E-state index in [-0.39, 0.29) is 6.04 Å². The predicted molar refractivity (Wildman–Crippen MR) is 107 cm³/mol. The van der Waals surface area contributed by atoms with Crippen LogP contribution in [0, 0.1) is 6.92 Å². The molecule has 144 valence electrons. The third-order valence-corrected chi connectivity index (χ3v) is 5.93. The fourth-order valence-electron chi connectivity index (χ4n) is 4.65. The molecule has 3 aromatic rings. The van der Waals surface area contributed by atoms with Crippen LogP contribution in [0.15, 0.2) is 24.8 Å². The van der Waals surface area contributed by atoms with Crippen LogP contribution in [0.3, 0.4) is 0 Å². The molecule has 1 atom stereocenters. The maximum absolute atomic E-state index is 6.17. The summed E-state index contributed by atoms with van der Waals surface area (Å²) < 4.78 is 2.06. The van der Waals surface area contributed by atoms with Gasteiger partial charge in [0.05, 0.1) is 23.6 Å². The summed E-state index contributed by atoms with van der Waals surface area (Å²) in [6.45, 7) is 4.22. The summed E-state index contributed by atoms with van der Waals surface area (Å²) in [5, 5.41) is 8.65. The lowest BCUT2D eigenvalue weighted by atomic mass is 10.0. The van der Waals surface area contributed by atoms with Crippen molar-refractivity contribution in [1.82, 2.24) is 29.7 Å².